The number of hydrogen-bond acceptors (Lipinski definition) is 12. The van der Waals surface area contributed by atoms with Crippen molar-refractivity contribution in [2.75, 3.05) is 13.7 Å². The van der Waals surface area contributed by atoms with Crippen LogP contribution in [0.4, 0.5) is 0 Å². The molecule has 176 valence electrons. The van der Waals surface area contributed by atoms with Crippen molar-refractivity contribution in [2.24, 2.45) is 5.92 Å². The van der Waals surface area contributed by atoms with Gasteiger partial charge in [-0.05, 0) is 0 Å². The lowest BCUT2D eigenvalue weighted by molar-refractivity contribution is -0.359. The van der Waals surface area contributed by atoms with Crippen LogP contribution in [0.5, 0.6) is 0 Å². The average molecular weight is 452 g/mol. The van der Waals surface area contributed by atoms with Crippen LogP contribution in [-0.4, -0.2) is 110 Å². The Bertz CT molecular complexity index is 720. The summed E-state index contributed by atoms with van der Waals surface area (Å²) in [6.07, 6.45) is -12.0. The number of rotatable bonds is 8. The second kappa shape index (κ2) is 9.86. The van der Waals surface area contributed by atoms with Gasteiger partial charge in [0, 0.05) is 5.92 Å². The van der Waals surface area contributed by atoms with Gasteiger partial charge in [-0.1, -0.05) is 0 Å². The molecule has 7 N–H and O–H groups in total. The minimum Gasteiger partial charge on any atom is -0.481 e. The Morgan fingerprint density at radius 3 is 2.26 bits per heavy atom. The van der Waals surface area contributed by atoms with Crippen LogP contribution in [0.15, 0.2) is 11.8 Å². The van der Waals surface area contributed by atoms with Gasteiger partial charge < -0.3 is 54.7 Å². The van der Waals surface area contributed by atoms with Crippen LogP contribution in [0.2, 0.25) is 0 Å². The van der Waals surface area contributed by atoms with Crippen molar-refractivity contribution in [3.63, 3.8) is 0 Å². The van der Waals surface area contributed by atoms with Crippen LogP contribution in [0, 0.1) is 5.92 Å². The van der Waals surface area contributed by atoms with Gasteiger partial charge in [0.1, 0.15) is 30.0 Å². The summed E-state index contributed by atoms with van der Waals surface area (Å²) >= 11 is 0. The van der Waals surface area contributed by atoms with Gasteiger partial charge in [-0.2, -0.15) is 0 Å². The maximum absolute atomic E-state index is 12.0. The number of aliphatic hydroxyl groups excluding tert-OH is 4. The largest absolute Gasteiger partial charge is 0.481 e. The fourth-order valence-corrected chi connectivity index (χ4v) is 3.44. The monoisotopic (exact) mass is 452 g/mol. The Morgan fingerprint density at radius 2 is 1.74 bits per heavy atom. The van der Waals surface area contributed by atoms with Crippen molar-refractivity contribution in [1.82, 2.24) is 0 Å². The van der Waals surface area contributed by atoms with Crippen LogP contribution < -0.4 is 0 Å². The number of aliphatic hydroxyl groups is 5. The smallest absolute Gasteiger partial charge is 0.337 e. The summed E-state index contributed by atoms with van der Waals surface area (Å²) in [5.74, 6) is -5.84. The Hall–Kier alpha value is -2.33. The van der Waals surface area contributed by atoms with E-state index in [1.54, 1.807) is 0 Å². The lowest BCUT2D eigenvalue weighted by atomic mass is 9.75. The number of carboxylic acids is 2. The standard InChI is InChI=1S/C17H24O14/c1-28-14(26)6-5-29-16(17(27,3-10(21)22)7(6)2-9(19)20)31-15-13(25)12(24)11(23)8(4-18)30-15/h5,7-8,11-13,15-16,18,23-25,27H,2-4H2,1H3,(H,19,20)(H,21,22)/t7?,8-,11-,12+,13-,15+,16?,17?/m1/s1. The molecule has 0 aromatic heterocycles. The number of carbonyl (C=O) groups is 3. The van der Waals surface area contributed by atoms with Crippen molar-refractivity contribution in [1.29, 1.82) is 0 Å². The first kappa shape index (κ1) is 24.9. The molecule has 8 atom stereocenters. The summed E-state index contributed by atoms with van der Waals surface area (Å²) in [4.78, 5) is 34.8. The van der Waals surface area contributed by atoms with E-state index >= 15 is 0 Å². The highest BCUT2D eigenvalue weighted by Gasteiger charge is 2.56. The first-order chi connectivity index (χ1) is 14.5. The molecule has 0 bridgehead atoms. The predicted molar refractivity (Wildman–Crippen MR) is 92.8 cm³/mol. The van der Waals surface area contributed by atoms with Crippen molar-refractivity contribution in [3.8, 4) is 0 Å². The Morgan fingerprint density at radius 1 is 1.10 bits per heavy atom. The molecule has 14 nitrogen and oxygen atoms in total. The van der Waals surface area contributed by atoms with E-state index in [0.29, 0.717) is 0 Å². The first-order valence-electron chi connectivity index (χ1n) is 9.02. The molecule has 2 rings (SSSR count). The topological polar surface area (TPSA) is 230 Å². The zero-order valence-electron chi connectivity index (χ0n) is 16.2. The van der Waals surface area contributed by atoms with E-state index in [4.69, 9.17) is 14.2 Å². The molecular formula is C17H24O14. The molecule has 14 heteroatoms. The summed E-state index contributed by atoms with van der Waals surface area (Å²) in [5.41, 5.74) is -3.14. The van der Waals surface area contributed by atoms with Gasteiger partial charge >= 0.3 is 17.9 Å². The van der Waals surface area contributed by atoms with Crippen LogP contribution in [0.3, 0.4) is 0 Å². The summed E-state index contributed by atoms with van der Waals surface area (Å²) in [6.45, 7) is -0.788. The van der Waals surface area contributed by atoms with Crippen LogP contribution >= 0.6 is 0 Å². The Balaban J connectivity index is 2.42. The van der Waals surface area contributed by atoms with E-state index < -0.39 is 91.4 Å². The number of aliphatic carboxylic acids is 2. The van der Waals surface area contributed by atoms with E-state index in [-0.39, 0.29) is 0 Å². The molecule has 1 fully saturated rings. The second-order valence-electron chi connectivity index (χ2n) is 7.08. The van der Waals surface area contributed by atoms with Crippen LogP contribution in [0.1, 0.15) is 12.8 Å². The summed E-state index contributed by atoms with van der Waals surface area (Å²) in [7, 11) is 0.980. The number of hydrogen-bond donors (Lipinski definition) is 7. The van der Waals surface area contributed by atoms with E-state index in [1.165, 1.54) is 0 Å². The molecule has 31 heavy (non-hydrogen) atoms. The molecule has 2 aliphatic rings. The van der Waals surface area contributed by atoms with Gasteiger partial charge in [-0.15, -0.1) is 0 Å². The van der Waals surface area contributed by atoms with Crippen molar-refractivity contribution in [2.45, 2.75) is 55.4 Å². The number of carboxylic acid groups (broad SMARTS) is 2. The van der Waals surface area contributed by atoms with Gasteiger partial charge in [0.25, 0.3) is 0 Å². The molecule has 0 aliphatic carbocycles. The summed E-state index contributed by atoms with van der Waals surface area (Å²) in [5, 5.41) is 68.7. The number of ether oxygens (including phenoxy) is 4. The highest BCUT2D eigenvalue weighted by atomic mass is 16.8. The molecule has 0 aromatic carbocycles. The number of esters is 1. The maximum Gasteiger partial charge on any atom is 0.337 e. The van der Waals surface area contributed by atoms with Gasteiger partial charge in [-0.25, -0.2) is 4.79 Å². The molecule has 0 radical (unpaired) electrons. The zero-order valence-corrected chi connectivity index (χ0v) is 16.2. The average Bonchev–Trinajstić information content (AvgIpc) is 2.70. The third-order valence-electron chi connectivity index (χ3n) is 5.05. The molecule has 0 aromatic rings. The van der Waals surface area contributed by atoms with Gasteiger partial charge in [-0.3, -0.25) is 9.59 Å². The molecule has 3 unspecified atom stereocenters. The SMILES string of the molecule is COC(=O)C1=COC(O[C@@H]2O[C@H](CO)[C@@H](O)[C@H](O)[C@H]2O)C(O)(CC(=O)O)C1CC(=O)O. The molecule has 0 saturated carbocycles. The molecule has 1 saturated heterocycles. The van der Waals surface area contributed by atoms with Crippen LogP contribution in [0.25, 0.3) is 0 Å². The highest BCUT2D eigenvalue weighted by Crippen LogP contribution is 2.41. The van der Waals surface area contributed by atoms with E-state index in [1.807, 2.05) is 0 Å². The first-order valence-corrected chi connectivity index (χ1v) is 9.02. The third kappa shape index (κ3) is 5.12. The minimum atomic E-state index is -2.67. The van der Waals surface area contributed by atoms with E-state index in [2.05, 4.69) is 4.74 Å². The van der Waals surface area contributed by atoms with E-state index in [9.17, 15) is 50.1 Å². The molecular weight excluding hydrogens is 428 g/mol. The number of carbonyl (C=O) groups excluding carboxylic acids is 1. The highest BCUT2D eigenvalue weighted by molar-refractivity contribution is 5.90. The Kier molecular flexibility index (Phi) is 7.93. The van der Waals surface area contributed by atoms with Gasteiger partial charge in [0.05, 0.1) is 38.4 Å². The Labute approximate surface area is 174 Å². The molecule has 0 amide bonds. The van der Waals surface area contributed by atoms with E-state index in [0.717, 1.165) is 13.4 Å². The summed E-state index contributed by atoms with van der Waals surface area (Å²) in [6, 6.07) is 0. The molecule has 2 heterocycles. The lowest BCUT2D eigenvalue weighted by Gasteiger charge is -2.46. The summed E-state index contributed by atoms with van der Waals surface area (Å²) < 4.78 is 20.1. The van der Waals surface area contributed by atoms with Gasteiger partial charge in [0.15, 0.2) is 6.29 Å². The second-order valence-corrected chi connectivity index (χ2v) is 7.08. The van der Waals surface area contributed by atoms with Crippen molar-refractivity contribution < 1.29 is 69.1 Å². The maximum atomic E-state index is 12.0. The quantitative estimate of drug-likeness (QED) is 0.177. The van der Waals surface area contributed by atoms with Crippen LogP contribution in [-0.2, 0) is 33.3 Å². The van der Waals surface area contributed by atoms with Crippen molar-refractivity contribution >= 4 is 17.9 Å². The fraction of sp³-hybridized carbons (Fsp3) is 0.706. The molecule has 0 spiro atoms. The minimum absolute atomic E-state index is 0.470. The molecule has 2 aliphatic heterocycles. The number of methoxy groups -OCH3 is 1. The van der Waals surface area contributed by atoms with Gasteiger partial charge in [0.2, 0.25) is 6.29 Å². The lowest BCUT2D eigenvalue weighted by Crippen LogP contribution is -2.63. The van der Waals surface area contributed by atoms with Crippen molar-refractivity contribution in [3.05, 3.63) is 11.8 Å². The predicted octanol–water partition coefficient (Wildman–Crippen LogP) is -3.49. The fourth-order valence-electron chi connectivity index (χ4n) is 3.44. The zero-order chi connectivity index (χ0) is 23.5. The normalized spacial score (nSPS) is 38.0. The third-order valence-corrected chi connectivity index (χ3v) is 5.05.